The van der Waals surface area contributed by atoms with Crippen molar-refractivity contribution in [3.63, 3.8) is 0 Å². The first-order chi connectivity index (χ1) is 10.0. The van der Waals surface area contributed by atoms with E-state index in [-0.39, 0.29) is 6.04 Å². The van der Waals surface area contributed by atoms with Crippen LogP contribution in [0, 0.1) is 0 Å². The lowest BCUT2D eigenvalue weighted by Gasteiger charge is -2.33. The molecular weight excluding hydrogens is 354 g/mol. The Morgan fingerprint density at radius 1 is 1.33 bits per heavy atom. The van der Waals surface area contributed by atoms with Crippen molar-refractivity contribution < 1.29 is 8.42 Å². The van der Waals surface area contributed by atoms with Gasteiger partial charge in [0.25, 0.3) is 0 Å². The molecule has 3 rings (SSSR count). The first-order valence-corrected chi connectivity index (χ1v) is 9.00. The van der Waals surface area contributed by atoms with Crippen LogP contribution < -0.4 is 5.32 Å². The van der Waals surface area contributed by atoms with Crippen molar-refractivity contribution in [2.45, 2.75) is 17.9 Å². The predicted molar refractivity (Wildman–Crippen MR) is 85.7 cm³/mol. The van der Waals surface area contributed by atoms with E-state index in [1.54, 1.807) is 34.9 Å². The third-order valence-corrected chi connectivity index (χ3v) is 6.52. The van der Waals surface area contributed by atoms with E-state index in [2.05, 4.69) is 26.2 Å². The summed E-state index contributed by atoms with van der Waals surface area (Å²) in [4.78, 5) is 4.42. The molecule has 2 aromatic rings. The van der Waals surface area contributed by atoms with Crippen molar-refractivity contribution in [2.75, 3.05) is 19.6 Å². The summed E-state index contributed by atoms with van der Waals surface area (Å²) in [5.74, 6) is 0. The molecule has 5 nitrogen and oxygen atoms in total. The van der Waals surface area contributed by atoms with E-state index in [0.29, 0.717) is 29.9 Å². The quantitative estimate of drug-likeness (QED) is 0.878. The first-order valence-electron chi connectivity index (χ1n) is 6.76. The zero-order valence-electron chi connectivity index (χ0n) is 11.6. The Morgan fingerprint density at radius 2 is 2.14 bits per heavy atom. The molecule has 1 aromatic heterocycles. The normalized spacial score (nSPS) is 20.8. The molecule has 1 atom stereocenters. The molecule has 1 unspecified atom stereocenters. The lowest BCUT2D eigenvalue weighted by molar-refractivity contribution is 0.284. The van der Waals surface area contributed by atoms with Gasteiger partial charge in [-0.2, -0.15) is 4.31 Å². The first kappa shape index (κ1) is 14.9. The van der Waals surface area contributed by atoms with E-state index in [1.807, 2.05) is 6.92 Å². The molecule has 0 radical (unpaired) electrons. The van der Waals surface area contributed by atoms with Crippen LogP contribution in [0.1, 0.15) is 6.92 Å². The van der Waals surface area contributed by atoms with Crippen molar-refractivity contribution in [2.24, 2.45) is 0 Å². The fourth-order valence-corrected chi connectivity index (χ4v) is 4.94. The van der Waals surface area contributed by atoms with Gasteiger partial charge in [0.1, 0.15) is 0 Å². The monoisotopic (exact) mass is 369 g/mol. The molecule has 1 saturated heterocycles. The fraction of sp³-hybridized carbons (Fsp3) is 0.357. The minimum Gasteiger partial charge on any atom is -0.314 e. The molecule has 0 amide bonds. The summed E-state index contributed by atoms with van der Waals surface area (Å²) in [6.45, 7) is 3.77. The van der Waals surface area contributed by atoms with Crippen LogP contribution in [0.25, 0.3) is 10.8 Å². The molecule has 0 bridgehead atoms. The predicted octanol–water partition coefficient (Wildman–Crippen LogP) is 1.98. The lowest BCUT2D eigenvalue weighted by Crippen LogP contribution is -2.52. The molecule has 1 fully saturated rings. The number of sulfonamides is 1. The average molecular weight is 370 g/mol. The lowest BCUT2D eigenvalue weighted by atomic mass is 10.2. The topological polar surface area (TPSA) is 62.3 Å². The molecule has 1 aromatic carbocycles. The zero-order valence-corrected chi connectivity index (χ0v) is 14.0. The number of benzene rings is 1. The molecule has 0 saturated carbocycles. The number of pyridine rings is 1. The minimum atomic E-state index is -3.51. The van der Waals surface area contributed by atoms with Gasteiger partial charge in [0, 0.05) is 53.3 Å². The highest BCUT2D eigenvalue weighted by Crippen LogP contribution is 2.31. The van der Waals surface area contributed by atoms with E-state index in [0.717, 1.165) is 9.86 Å². The zero-order chi connectivity index (χ0) is 15.0. The standard InChI is InChI=1S/C14H16BrN3O2S/c1-10-8-17-6-7-18(10)21(19,20)14-3-2-13(15)12-9-16-5-4-11(12)14/h2-5,9-10,17H,6-8H2,1H3. The second kappa shape index (κ2) is 5.64. The van der Waals surface area contributed by atoms with Gasteiger partial charge in [-0.3, -0.25) is 4.98 Å². The molecule has 7 heteroatoms. The van der Waals surface area contributed by atoms with Crippen molar-refractivity contribution in [1.82, 2.24) is 14.6 Å². The van der Waals surface area contributed by atoms with Crippen LogP contribution in [0.3, 0.4) is 0 Å². The van der Waals surface area contributed by atoms with E-state index >= 15 is 0 Å². The summed E-state index contributed by atoms with van der Waals surface area (Å²) in [6, 6.07) is 5.13. The van der Waals surface area contributed by atoms with Gasteiger partial charge in [0.15, 0.2) is 0 Å². The van der Waals surface area contributed by atoms with Crippen LogP contribution in [0.2, 0.25) is 0 Å². The highest BCUT2D eigenvalue weighted by atomic mass is 79.9. The molecule has 1 N–H and O–H groups in total. The van der Waals surface area contributed by atoms with E-state index in [4.69, 9.17) is 0 Å². The number of nitrogens with one attached hydrogen (secondary N) is 1. The average Bonchev–Trinajstić information content (AvgIpc) is 2.48. The number of hydrogen-bond donors (Lipinski definition) is 1. The van der Waals surface area contributed by atoms with Crippen molar-refractivity contribution in [3.05, 3.63) is 35.1 Å². The molecule has 1 aliphatic rings. The van der Waals surface area contributed by atoms with Crippen LogP contribution in [0.4, 0.5) is 0 Å². The summed E-state index contributed by atoms with van der Waals surface area (Å²) in [6.07, 6.45) is 3.30. The smallest absolute Gasteiger partial charge is 0.244 e. The van der Waals surface area contributed by atoms with Crippen LogP contribution in [-0.4, -0.2) is 43.4 Å². The van der Waals surface area contributed by atoms with E-state index in [1.165, 1.54) is 0 Å². The van der Waals surface area contributed by atoms with Crippen LogP contribution >= 0.6 is 15.9 Å². The fourth-order valence-electron chi connectivity index (χ4n) is 2.66. The molecule has 2 heterocycles. The largest absolute Gasteiger partial charge is 0.314 e. The van der Waals surface area contributed by atoms with Crippen LogP contribution in [0.15, 0.2) is 40.0 Å². The van der Waals surface area contributed by atoms with Gasteiger partial charge >= 0.3 is 0 Å². The Hall–Kier alpha value is -1.02. The molecule has 0 spiro atoms. The van der Waals surface area contributed by atoms with Crippen molar-refractivity contribution >= 4 is 36.7 Å². The molecule has 21 heavy (non-hydrogen) atoms. The second-order valence-electron chi connectivity index (χ2n) is 5.14. The maximum atomic E-state index is 13.0. The number of fused-ring (bicyclic) bond motifs is 1. The van der Waals surface area contributed by atoms with Gasteiger partial charge in [-0.25, -0.2) is 8.42 Å². The number of halogens is 1. The second-order valence-corrected chi connectivity index (χ2v) is 7.85. The summed E-state index contributed by atoms with van der Waals surface area (Å²) < 4.78 is 28.4. The molecular formula is C14H16BrN3O2S. The number of rotatable bonds is 2. The van der Waals surface area contributed by atoms with Gasteiger partial charge in [0.2, 0.25) is 10.0 Å². The van der Waals surface area contributed by atoms with Gasteiger partial charge in [-0.05, 0) is 25.1 Å². The third-order valence-electron chi connectivity index (χ3n) is 3.75. The summed E-state index contributed by atoms with van der Waals surface area (Å²) in [7, 11) is -3.51. The van der Waals surface area contributed by atoms with Gasteiger partial charge < -0.3 is 5.32 Å². The Kier molecular flexibility index (Phi) is 4.00. The minimum absolute atomic E-state index is 0.0516. The SMILES string of the molecule is CC1CNCCN1S(=O)(=O)c1ccc(Br)c2cnccc12. The van der Waals surface area contributed by atoms with Crippen molar-refractivity contribution in [1.29, 1.82) is 0 Å². The maximum Gasteiger partial charge on any atom is 0.244 e. The Balaban J connectivity index is 2.17. The molecule has 1 aliphatic heterocycles. The Labute approximate surface area is 132 Å². The summed E-state index contributed by atoms with van der Waals surface area (Å²) in [5.41, 5.74) is 0. The number of piperazine rings is 1. The number of hydrogen-bond acceptors (Lipinski definition) is 4. The van der Waals surface area contributed by atoms with Gasteiger partial charge in [-0.1, -0.05) is 15.9 Å². The summed E-state index contributed by atoms with van der Waals surface area (Å²) in [5, 5.41) is 4.72. The third kappa shape index (κ3) is 2.59. The van der Waals surface area contributed by atoms with Crippen molar-refractivity contribution in [3.8, 4) is 0 Å². The highest BCUT2D eigenvalue weighted by molar-refractivity contribution is 9.10. The number of aromatic nitrogens is 1. The van der Waals surface area contributed by atoms with Gasteiger partial charge in [0.05, 0.1) is 4.90 Å². The molecule has 0 aliphatic carbocycles. The number of nitrogens with zero attached hydrogens (tertiary/aromatic N) is 2. The maximum absolute atomic E-state index is 13.0. The van der Waals surface area contributed by atoms with Crippen LogP contribution in [0.5, 0.6) is 0 Å². The van der Waals surface area contributed by atoms with E-state index < -0.39 is 10.0 Å². The van der Waals surface area contributed by atoms with Crippen LogP contribution in [-0.2, 0) is 10.0 Å². The Morgan fingerprint density at radius 3 is 2.90 bits per heavy atom. The van der Waals surface area contributed by atoms with E-state index in [9.17, 15) is 8.42 Å². The molecule has 112 valence electrons. The summed E-state index contributed by atoms with van der Waals surface area (Å²) >= 11 is 3.45. The Bertz CT molecular complexity index is 779. The van der Waals surface area contributed by atoms with Gasteiger partial charge in [-0.15, -0.1) is 0 Å². The highest BCUT2D eigenvalue weighted by Gasteiger charge is 2.32.